The first kappa shape index (κ1) is 24.1. The second kappa shape index (κ2) is 12.5. The van der Waals surface area contributed by atoms with Crippen LogP contribution in [0.2, 0.25) is 0 Å². The molecule has 0 aromatic heterocycles. The zero-order valence-electron chi connectivity index (χ0n) is 17.4. The number of benzene rings is 1. The van der Waals surface area contributed by atoms with Crippen molar-refractivity contribution in [1.29, 1.82) is 0 Å². The van der Waals surface area contributed by atoms with Crippen LogP contribution in [0.5, 0.6) is 0 Å². The summed E-state index contributed by atoms with van der Waals surface area (Å²) in [6.07, 6.45) is 5.24. The molecule has 1 unspecified atom stereocenters. The summed E-state index contributed by atoms with van der Waals surface area (Å²) in [4.78, 5) is 1.98. The fourth-order valence-corrected chi connectivity index (χ4v) is 4.75. The van der Waals surface area contributed by atoms with Crippen LogP contribution in [0.4, 0.5) is 0 Å². The molecular formula is C21H37NO4S. The van der Waals surface area contributed by atoms with E-state index in [9.17, 15) is 8.42 Å². The number of hydrogen-bond acceptors (Lipinski definition) is 5. The molecule has 0 aliphatic heterocycles. The first-order chi connectivity index (χ1) is 12.9. The normalized spacial score (nSPS) is 13.4. The summed E-state index contributed by atoms with van der Waals surface area (Å²) in [7, 11) is 0.123. The molecule has 0 amide bonds. The highest BCUT2D eigenvalue weighted by Gasteiger charge is 2.29. The molecule has 1 aromatic rings. The third-order valence-corrected chi connectivity index (χ3v) is 6.47. The van der Waals surface area contributed by atoms with E-state index < -0.39 is 15.4 Å². The van der Waals surface area contributed by atoms with Crippen molar-refractivity contribution in [3.8, 4) is 0 Å². The largest absolute Gasteiger partial charge is 0.396 e. The Hall–Kier alpha value is -0.950. The lowest BCUT2D eigenvalue weighted by Gasteiger charge is -2.22. The van der Waals surface area contributed by atoms with Crippen molar-refractivity contribution in [3.05, 3.63) is 35.4 Å². The van der Waals surface area contributed by atoms with Gasteiger partial charge in [-0.25, -0.2) is 0 Å². The van der Waals surface area contributed by atoms with Crippen molar-refractivity contribution in [2.75, 3.05) is 33.9 Å². The third kappa shape index (κ3) is 8.30. The molecule has 0 aliphatic carbocycles. The van der Waals surface area contributed by atoms with Gasteiger partial charge in [-0.2, -0.15) is 8.42 Å². The van der Waals surface area contributed by atoms with Gasteiger partial charge in [-0.05, 0) is 63.4 Å². The van der Waals surface area contributed by atoms with Gasteiger partial charge in [0, 0.05) is 6.61 Å². The molecule has 0 saturated carbocycles. The second-order valence-corrected chi connectivity index (χ2v) is 9.21. The Kier molecular flexibility index (Phi) is 11.1. The second-order valence-electron chi connectivity index (χ2n) is 7.42. The van der Waals surface area contributed by atoms with Crippen LogP contribution in [0, 0.1) is 0 Å². The van der Waals surface area contributed by atoms with Gasteiger partial charge in [0.25, 0.3) is 10.1 Å². The Bertz CT molecular complexity index is 625. The lowest BCUT2D eigenvalue weighted by molar-refractivity contribution is 0.234. The van der Waals surface area contributed by atoms with E-state index >= 15 is 0 Å². The van der Waals surface area contributed by atoms with Gasteiger partial charge in [0.2, 0.25) is 0 Å². The maximum absolute atomic E-state index is 12.8. The van der Waals surface area contributed by atoms with Crippen molar-refractivity contribution >= 4 is 10.1 Å². The highest BCUT2D eigenvalue weighted by Crippen LogP contribution is 2.32. The van der Waals surface area contributed by atoms with Gasteiger partial charge in [-0.3, -0.25) is 4.18 Å². The molecule has 0 fully saturated rings. The molecule has 0 spiro atoms. The molecule has 0 saturated heterocycles. The predicted molar refractivity (Wildman–Crippen MR) is 111 cm³/mol. The zero-order chi connectivity index (χ0) is 20.3. The van der Waals surface area contributed by atoms with Crippen molar-refractivity contribution in [2.24, 2.45) is 0 Å². The zero-order valence-corrected chi connectivity index (χ0v) is 18.2. The van der Waals surface area contributed by atoms with Crippen molar-refractivity contribution in [3.63, 3.8) is 0 Å². The Morgan fingerprint density at radius 1 is 1.07 bits per heavy atom. The minimum atomic E-state index is -3.75. The van der Waals surface area contributed by atoms with E-state index in [1.54, 1.807) is 0 Å². The van der Waals surface area contributed by atoms with Crippen LogP contribution < -0.4 is 0 Å². The summed E-state index contributed by atoms with van der Waals surface area (Å²) in [6.45, 7) is 4.97. The maximum atomic E-state index is 12.8. The van der Waals surface area contributed by atoms with E-state index in [1.165, 1.54) is 5.56 Å². The van der Waals surface area contributed by atoms with Gasteiger partial charge in [0.15, 0.2) is 0 Å². The van der Waals surface area contributed by atoms with Gasteiger partial charge in [0.05, 0.1) is 6.61 Å². The molecule has 1 N–H and O–H groups in total. The van der Waals surface area contributed by atoms with E-state index in [0.29, 0.717) is 25.3 Å². The Morgan fingerprint density at radius 2 is 1.70 bits per heavy atom. The quantitative estimate of drug-likeness (QED) is 0.377. The van der Waals surface area contributed by atoms with Crippen molar-refractivity contribution in [1.82, 2.24) is 4.90 Å². The molecule has 0 aliphatic rings. The monoisotopic (exact) mass is 399 g/mol. The van der Waals surface area contributed by atoms with Crippen LogP contribution in [0.1, 0.15) is 74.7 Å². The first-order valence-corrected chi connectivity index (χ1v) is 11.6. The minimum absolute atomic E-state index is 0.0191. The van der Waals surface area contributed by atoms with E-state index in [4.69, 9.17) is 9.29 Å². The highest BCUT2D eigenvalue weighted by molar-refractivity contribution is 7.87. The molecular weight excluding hydrogens is 362 g/mol. The third-order valence-electron chi connectivity index (χ3n) is 4.77. The van der Waals surface area contributed by atoms with Gasteiger partial charge < -0.3 is 10.0 Å². The average molecular weight is 400 g/mol. The van der Waals surface area contributed by atoms with Gasteiger partial charge in [-0.1, -0.05) is 51.0 Å². The molecule has 0 bridgehead atoms. The summed E-state index contributed by atoms with van der Waals surface area (Å²) in [5.41, 5.74) is 2.02. The smallest absolute Gasteiger partial charge is 0.274 e. The van der Waals surface area contributed by atoms with Crippen molar-refractivity contribution in [2.45, 2.75) is 63.5 Å². The lowest BCUT2D eigenvalue weighted by Crippen LogP contribution is -2.23. The fourth-order valence-electron chi connectivity index (χ4n) is 3.36. The van der Waals surface area contributed by atoms with Gasteiger partial charge in [-0.15, -0.1) is 0 Å². The molecule has 1 aromatic carbocycles. The molecule has 1 atom stereocenters. The maximum Gasteiger partial charge on any atom is 0.274 e. The fraction of sp³-hybridized carbons (Fsp3) is 0.714. The van der Waals surface area contributed by atoms with Crippen molar-refractivity contribution < 1.29 is 17.7 Å². The molecule has 0 heterocycles. The topological polar surface area (TPSA) is 66.8 Å². The van der Waals surface area contributed by atoms with E-state index in [1.807, 2.05) is 31.1 Å². The Balaban J connectivity index is 3.15. The summed E-state index contributed by atoms with van der Waals surface area (Å²) >= 11 is 0. The average Bonchev–Trinajstić information content (AvgIpc) is 2.61. The Morgan fingerprint density at radius 3 is 2.26 bits per heavy atom. The van der Waals surface area contributed by atoms with Crippen LogP contribution in [0.15, 0.2) is 24.3 Å². The first-order valence-electron chi connectivity index (χ1n) is 10.1. The molecule has 1 rings (SSSR count). The number of aliphatic hydroxyl groups is 1. The highest BCUT2D eigenvalue weighted by atomic mass is 32.2. The van der Waals surface area contributed by atoms with Crippen LogP contribution >= 0.6 is 0 Å². The summed E-state index contributed by atoms with van der Waals surface area (Å²) in [5, 5.41) is 8.22. The standard InChI is InChI=1S/C21H37NO4S/c1-5-9-18(10-6-2)19-11-7-12-20(17-19)21(13-14-22(3)4)27(24,25)26-16-8-15-23/h7,11-12,17-18,21,23H,5-6,8-10,13-16H2,1-4H3. The minimum Gasteiger partial charge on any atom is -0.396 e. The predicted octanol–water partition coefficient (Wildman–Crippen LogP) is 4.09. The van der Waals surface area contributed by atoms with Crippen LogP contribution in [-0.4, -0.2) is 52.3 Å². The Labute approximate surface area is 165 Å². The molecule has 6 heteroatoms. The number of hydrogen-bond donors (Lipinski definition) is 1. The SMILES string of the molecule is CCCC(CCC)c1cccc(C(CCN(C)C)S(=O)(=O)OCCCO)c1. The van der Waals surface area contributed by atoms with E-state index in [0.717, 1.165) is 31.2 Å². The van der Waals surface area contributed by atoms with Crippen LogP contribution in [-0.2, 0) is 14.3 Å². The van der Waals surface area contributed by atoms with Gasteiger partial charge in [0.1, 0.15) is 5.25 Å². The molecule has 0 radical (unpaired) electrons. The van der Waals surface area contributed by atoms with Crippen LogP contribution in [0.25, 0.3) is 0 Å². The number of rotatable bonds is 14. The molecule has 156 valence electrons. The number of nitrogens with zero attached hydrogens (tertiary/aromatic N) is 1. The van der Waals surface area contributed by atoms with Crippen LogP contribution in [0.3, 0.4) is 0 Å². The molecule has 5 nitrogen and oxygen atoms in total. The number of aliphatic hydroxyl groups excluding tert-OH is 1. The summed E-state index contributed by atoms with van der Waals surface area (Å²) in [5.74, 6) is 0.465. The van der Waals surface area contributed by atoms with E-state index in [-0.39, 0.29) is 13.2 Å². The van der Waals surface area contributed by atoms with Gasteiger partial charge >= 0.3 is 0 Å². The van der Waals surface area contributed by atoms with E-state index in [2.05, 4.69) is 26.0 Å². The lowest BCUT2D eigenvalue weighted by atomic mass is 9.89. The molecule has 27 heavy (non-hydrogen) atoms. The summed E-state index contributed by atoms with van der Waals surface area (Å²) < 4.78 is 30.9. The summed E-state index contributed by atoms with van der Waals surface area (Å²) in [6, 6.07) is 8.03.